The number of ether oxygens (including phenoxy) is 1. The largest absolute Gasteiger partial charge is 0.496 e. The summed E-state index contributed by atoms with van der Waals surface area (Å²) < 4.78 is 6.24. The van der Waals surface area contributed by atoms with Crippen LogP contribution in [-0.4, -0.2) is 23.2 Å². The lowest BCUT2D eigenvalue weighted by Crippen LogP contribution is -2.27. The van der Waals surface area contributed by atoms with Gasteiger partial charge in [0.15, 0.2) is 4.34 Å². The fourth-order valence-electron chi connectivity index (χ4n) is 3.10. The van der Waals surface area contributed by atoms with Crippen molar-refractivity contribution in [1.29, 1.82) is 0 Å². The number of nitrogens with zero attached hydrogens (tertiary/aromatic N) is 2. The number of hydrogen-bond donors (Lipinski definition) is 1. The molecule has 28 heavy (non-hydrogen) atoms. The van der Waals surface area contributed by atoms with Crippen LogP contribution in [0.25, 0.3) is 0 Å². The first kappa shape index (κ1) is 19.2. The summed E-state index contributed by atoms with van der Waals surface area (Å²) >= 11 is 9.31. The van der Waals surface area contributed by atoms with Crippen LogP contribution in [0, 0.1) is 6.92 Å². The van der Waals surface area contributed by atoms with Gasteiger partial charge in [-0.3, -0.25) is 4.79 Å². The van der Waals surface area contributed by atoms with Crippen molar-refractivity contribution in [1.82, 2.24) is 10.2 Å². The van der Waals surface area contributed by atoms with E-state index in [-0.39, 0.29) is 5.91 Å². The van der Waals surface area contributed by atoms with E-state index in [0.717, 1.165) is 39.0 Å². The molecule has 1 aliphatic carbocycles. The van der Waals surface area contributed by atoms with Crippen molar-refractivity contribution >= 4 is 46.3 Å². The van der Waals surface area contributed by atoms with Crippen LogP contribution in [0.5, 0.6) is 5.75 Å². The number of methoxy groups -OCH3 is 1. The molecule has 144 valence electrons. The van der Waals surface area contributed by atoms with Gasteiger partial charge in [-0.05, 0) is 55.2 Å². The number of carbonyl (C=O) groups is 1. The van der Waals surface area contributed by atoms with Crippen molar-refractivity contribution in [3.8, 4) is 5.75 Å². The highest BCUT2D eigenvalue weighted by Crippen LogP contribution is 2.50. The Hall–Kier alpha value is -2.09. The zero-order chi connectivity index (χ0) is 19.7. The number of amides is 1. The number of carbonyl (C=O) groups excluding carboxylic acids is 1. The SMILES string of the molecule is COc1cc(C2(C(=O)Nc3ccc(Sc4nncs4)c(Cl)c3)CC2)ccc1C. The molecule has 5 nitrogen and oxygen atoms in total. The monoisotopic (exact) mass is 431 g/mol. The molecule has 0 saturated heterocycles. The zero-order valence-corrected chi connectivity index (χ0v) is 17.7. The first-order chi connectivity index (χ1) is 13.5. The highest BCUT2D eigenvalue weighted by Gasteiger charge is 2.51. The third kappa shape index (κ3) is 3.74. The molecular formula is C20H18ClN3O2S2. The van der Waals surface area contributed by atoms with Crippen molar-refractivity contribution in [2.75, 3.05) is 12.4 Å². The van der Waals surface area contributed by atoms with Gasteiger partial charge in [0, 0.05) is 10.6 Å². The molecule has 1 fully saturated rings. The predicted octanol–water partition coefficient (Wildman–Crippen LogP) is 5.33. The molecule has 0 bridgehead atoms. The van der Waals surface area contributed by atoms with E-state index in [9.17, 15) is 4.79 Å². The molecular weight excluding hydrogens is 414 g/mol. The predicted molar refractivity (Wildman–Crippen MR) is 113 cm³/mol. The van der Waals surface area contributed by atoms with Gasteiger partial charge in [-0.15, -0.1) is 10.2 Å². The Morgan fingerprint density at radius 1 is 1.29 bits per heavy atom. The second-order valence-electron chi connectivity index (χ2n) is 6.67. The number of nitrogens with one attached hydrogen (secondary N) is 1. The van der Waals surface area contributed by atoms with Crippen molar-refractivity contribution in [3.05, 3.63) is 58.1 Å². The maximum absolute atomic E-state index is 13.0. The van der Waals surface area contributed by atoms with Gasteiger partial charge in [0.2, 0.25) is 5.91 Å². The standard InChI is InChI=1S/C20H18ClN3O2S2/c1-12-3-4-13(9-16(12)26-2)20(7-8-20)18(25)23-14-5-6-17(15(21)10-14)28-19-24-22-11-27-19/h3-6,9-11H,7-8H2,1-2H3,(H,23,25). The molecule has 1 amide bonds. The highest BCUT2D eigenvalue weighted by molar-refractivity contribution is 8.01. The Morgan fingerprint density at radius 2 is 2.11 bits per heavy atom. The molecule has 0 unspecified atom stereocenters. The second-order valence-corrected chi connectivity index (χ2v) is 9.20. The number of aromatic nitrogens is 2. The summed E-state index contributed by atoms with van der Waals surface area (Å²) in [5.74, 6) is 0.789. The Labute approximate surface area is 176 Å². The van der Waals surface area contributed by atoms with Gasteiger partial charge >= 0.3 is 0 Å². The molecule has 1 N–H and O–H groups in total. The third-order valence-electron chi connectivity index (χ3n) is 4.87. The molecule has 8 heteroatoms. The lowest BCUT2D eigenvalue weighted by atomic mass is 9.93. The fraction of sp³-hybridized carbons (Fsp3) is 0.250. The number of benzene rings is 2. The molecule has 0 spiro atoms. The van der Waals surface area contributed by atoms with Crippen LogP contribution < -0.4 is 10.1 Å². The average Bonchev–Trinajstić information content (AvgIpc) is 3.34. The van der Waals surface area contributed by atoms with Crippen LogP contribution in [0.3, 0.4) is 0 Å². The van der Waals surface area contributed by atoms with Crippen LogP contribution >= 0.6 is 34.7 Å². The molecule has 1 heterocycles. The van der Waals surface area contributed by atoms with Gasteiger partial charge in [0.25, 0.3) is 0 Å². The van der Waals surface area contributed by atoms with Gasteiger partial charge in [0.1, 0.15) is 11.3 Å². The van der Waals surface area contributed by atoms with Crippen LogP contribution in [0.2, 0.25) is 5.02 Å². The highest BCUT2D eigenvalue weighted by atomic mass is 35.5. The molecule has 0 aliphatic heterocycles. The molecule has 0 radical (unpaired) electrons. The van der Waals surface area contributed by atoms with E-state index in [0.29, 0.717) is 10.7 Å². The minimum absolute atomic E-state index is 0.0148. The Bertz CT molecular complexity index is 1020. The van der Waals surface area contributed by atoms with Crippen LogP contribution in [-0.2, 0) is 10.2 Å². The van der Waals surface area contributed by atoms with Gasteiger partial charge in [-0.2, -0.15) is 0 Å². The van der Waals surface area contributed by atoms with Crippen molar-refractivity contribution in [3.63, 3.8) is 0 Å². The van der Waals surface area contributed by atoms with E-state index in [1.807, 2.05) is 37.3 Å². The smallest absolute Gasteiger partial charge is 0.235 e. The maximum atomic E-state index is 13.0. The lowest BCUT2D eigenvalue weighted by Gasteiger charge is -2.18. The van der Waals surface area contributed by atoms with Gasteiger partial charge < -0.3 is 10.1 Å². The third-order valence-corrected chi connectivity index (χ3v) is 7.15. The minimum Gasteiger partial charge on any atom is -0.496 e. The molecule has 1 aromatic heterocycles. The molecule has 2 aromatic carbocycles. The number of anilines is 1. The van der Waals surface area contributed by atoms with Gasteiger partial charge in [0.05, 0.1) is 17.5 Å². The summed E-state index contributed by atoms with van der Waals surface area (Å²) in [5, 5.41) is 11.4. The van der Waals surface area contributed by atoms with Crippen LogP contribution in [0.1, 0.15) is 24.0 Å². The Kier molecular flexibility index (Phi) is 5.31. The summed E-state index contributed by atoms with van der Waals surface area (Å²) in [6, 6.07) is 11.5. The van der Waals surface area contributed by atoms with E-state index in [4.69, 9.17) is 16.3 Å². The number of halogens is 1. The average molecular weight is 432 g/mol. The summed E-state index contributed by atoms with van der Waals surface area (Å²) in [7, 11) is 1.65. The fourth-order valence-corrected chi connectivity index (χ4v) is 4.84. The molecule has 3 aromatic rings. The summed E-state index contributed by atoms with van der Waals surface area (Å²) in [6.45, 7) is 1.99. The minimum atomic E-state index is -0.493. The number of hydrogen-bond acceptors (Lipinski definition) is 6. The van der Waals surface area contributed by atoms with E-state index >= 15 is 0 Å². The second kappa shape index (κ2) is 7.73. The topological polar surface area (TPSA) is 64.1 Å². The first-order valence-corrected chi connectivity index (χ1v) is 10.8. The summed E-state index contributed by atoms with van der Waals surface area (Å²) in [5.41, 5.74) is 3.91. The molecule has 1 aliphatic rings. The van der Waals surface area contributed by atoms with Crippen LogP contribution in [0.15, 0.2) is 51.1 Å². The Balaban J connectivity index is 1.51. The van der Waals surface area contributed by atoms with Gasteiger partial charge in [-0.25, -0.2) is 0 Å². The first-order valence-electron chi connectivity index (χ1n) is 8.72. The number of rotatable bonds is 6. The van der Waals surface area contributed by atoms with E-state index < -0.39 is 5.41 Å². The quantitative estimate of drug-likeness (QED) is 0.571. The van der Waals surface area contributed by atoms with Crippen molar-refractivity contribution in [2.45, 2.75) is 34.4 Å². The summed E-state index contributed by atoms with van der Waals surface area (Å²) in [6.07, 6.45) is 1.65. The number of aryl methyl sites for hydroxylation is 1. The van der Waals surface area contributed by atoms with Gasteiger partial charge in [-0.1, -0.05) is 46.8 Å². The normalized spacial score (nSPS) is 14.5. The Morgan fingerprint density at radius 3 is 2.75 bits per heavy atom. The van der Waals surface area contributed by atoms with E-state index in [1.165, 1.54) is 23.1 Å². The lowest BCUT2D eigenvalue weighted by molar-refractivity contribution is -0.118. The van der Waals surface area contributed by atoms with Crippen molar-refractivity contribution in [2.24, 2.45) is 0 Å². The molecule has 1 saturated carbocycles. The maximum Gasteiger partial charge on any atom is 0.235 e. The van der Waals surface area contributed by atoms with E-state index in [2.05, 4.69) is 15.5 Å². The summed E-state index contributed by atoms with van der Waals surface area (Å²) in [4.78, 5) is 13.9. The van der Waals surface area contributed by atoms with Crippen molar-refractivity contribution < 1.29 is 9.53 Å². The molecule has 4 rings (SSSR count). The zero-order valence-electron chi connectivity index (χ0n) is 15.4. The van der Waals surface area contributed by atoms with Crippen LogP contribution in [0.4, 0.5) is 5.69 Å². The van der Waals surface area contributed by atoms with E-state index in [1.54, 1.807) is 18.7 Å². The molecule has 0 atom stereocenters.